The Kier molecular flexibility index (Phi) is 3.43. The van der Waals surface area contributed by atoms with Crippen LogP contribution in [-0.2, 0) is 7.05 Å². The molecule has 0 aliphatic heterocycles. The zero-order valence-corrected chi connectivity index (χ0v) is 10.8. The Balaban J connectivity index is 2.26. The van der Waals surface area contributed by atoms with Crippen LogP contribution in [-0.4, -0.2) is 25.7 Å². The van der Waals surface area contributed by atoms with E-state index in [4.69, 9.17) is 18.0 Å². The van der Waals surface area contributed by atoms with Gasteiger partial charge in [-0.15, -0.1) is 0 Å². The molecule has 19 heavy (non-hydrogen) atoms. The Bertz CT molecular complexity index is 703. The summed E-state index contributed by atoms with van der Waals surface area (Å²) in [6.07, 6.45) is 2.93. The van der Waals surface area contributed by atoms with E-state index >= 15 is 0 Å². The number of aromatic amines is 1. The van der Waals surface area contributed by atoms with E-state index in [1.54, 1.807) is 7.05 Å². The first-order chi connectivity index (χ1) is 8.99. The third-order valence-electron chi connectivity index (χ3n) is 2.51. The number of thiocarbonyl (C=S) groups is 1. The number of carbonyl (C=O) groups excluding carboxylic acids is 1. The number of nitrogens with zero attached hydrogens (tertiary/aromatic N) is 2. The highest BCUT2D eigenvalue weighted by Gasteiger charge is 2.13. The number of aryl methyl sites for hydroxylation is 1. The number of nitrogens with one attached hydrogen (secondary N) is 2. The van der Waals surface area contributed by atoms with E-state index in [0.717, 1.165) is 0 Å². The molecule has 0 bridgehead atoms. The number of rotatable bonds is 3. The molecule has 0 saturated carbocycles. The van der Waals surface area contributed by atoms with E-state index < -0.39 is 5.91 Å². The fourth-order valence-corrected chi connectivity index (χ4v) is 1.60. The van der Waals surface area contributed by atoms with E-state index in [9.17, 15) is 9.59 Å². The number of anilines is 1. The van der Waals surface area contributed by atoms with E-state index in [2.05, 4.69) is 15.5 Å². The SMILES string of the molecule is Cn1ccc(C(=O)Nc2[nH]ncc2C(N)=S)cc1=O. The third kappa shape index (κ3) is 2.68. The van der Waals surface area contributed by atoms with Crippen molar-refractivity contribution in [2.75, 3.05) is 5.32 Å². The first kappa shape index (κ1) is 13.0. The van der Waals surface area contributed by atoms with Gasteiger partial charge in [-0.25, -0.2) is 0 Å². The van der Waals surface area contributed by atoms with Gasteiger partial charge >= 0.3 is 0 Å². The zero-order chi connectivity index (χ0) is 14.0. The van der Waals surface area contributed by atoms with Gasteiger partial charge < -0.3 is 15.6 Å². The summed E-state index contributed by atoms with van der Waals surface area (Å²) in [7, 11) is 1.60. The van der Waals surface area contributed by atoms with Crippen LogP contribution in [0.5, 0.6) is 0 Å². The van der Waals surface area contributed by atoms with Crippen molar-refractivity contribution >= 4 is 28.9 Å². The lowest BCUT2D eigenvalue weighted by atomic mass is 10.2. The Labute approximate surface area is 113 Å². The molecule has 4 N–H and O–H groups in total. The number of hydrogen-bond acceptors (Lipinski definition) is 4. The van der Waals surface area contributed by atoms with Gasteiger partial charge in [0.15, 0.2) is 0 Å². The van der Waals surface area contributed by atoms with Crippen LogP contribution in [0.3, 0.4) is 0 Å². The van der Waals surface area contributed by atoms with Crippen molar-refractivity contribution in [2.45, 2.75) is 0 Å². The molecule has 8 heteroatoms. The van der Waals surface area contributed by atoms with Gasteiger partial charge in [-0.2, -0.15) is 5.10 Å². The minimum Gasteiger partial charge on any atom is -0.389 e. The molecule has 0 spiro atoms. The molecule has 2 heterocycles. The molecule has 0 aromatic carbocycles. The highest BCUT2D eigenvalue weighted by molar-refractivity contribution is 7.80. The highest BCUT2D eigenvalue weighted by atomic mass is 32.1. The average molecular weight is 277 g/mol. The van der Waals surface area contributed by atoms with Crippen molar-refractivity contribution in [3.05, 3.63) is 46.0 Å². The normalized spacial score (nSPS) is 10.2. The van der Waals surface area contributed by atoms with Gasteiger partial charge in [-0.3, -0.25) is 14.7 Å². The molecule has 2 aromatic heterocycles. The molecule has 0 fully saturated rings. The molecule has 2 aromatic rings. The summed E-state index contributed by atoms with van der Waals surface area (Å²) >= 11 is 4.82. The smallest absolute Gasteiger partial charge is 0.257 e. The van der Waals surface area contributed by atoms with Gasteiger partial charge in [0.05, 0.1) is 11.8 Å². The van der Waals surface area contributed by atoms with Crippen molar-refractivity contribution < 1.29 is 4.79 Å². The summed E-state index contributed by atoms with van der Waals surface area (Å²) < 4.78 is 1.37. The van der Waals surface area contributed by atoms with Crippen LogP contribution in [0.4, 0.5) is 5.82 Å². The topological polar surface area (TPSA) is 106 Å². The van der Waals surface area contributed by atoms with Crippen LogP contribution in [0, 0.1) is 0 Å². The second-order valence-corrected chi connectivity index (χ2v) is 4.28. The van der Waals surface area contributed by atoms with Crippen LogP contribution in [0.1, 0.15) is 15.9 Å². The summed E-state index contributed by atoms with van der Waals surface area (Å²) in [6.45, 7) is 0. The number of H-pyrrole nitrogens is 1. The molecule has 0 aliphatic rings. The first-order valence-electron chi connectivity index (χ1n) is 5.30. The van der Waals surface area contributed by atoms with E-state index in [1.165, 1.54) is 29.1 Å². The highest BCUT2D eigenvalue weighted by Crippen LogP contribution is 2.11. The lowest BCUT2D eigenvalue weighted by Crippen LogP contribution is -2.21. The maximum Gasteiger partial charge on any atom is 0.257 e. The monoisotopic (exact) mass is 277 g/mol. The van der Waals surface area contributed by atoms with Crippen LogP contribution in [0.15, 0.2) is 29.3 Å². The lowest BCUT2D eigenvalue weighted by Gasteiger charge is -2.05. The zero-order valence-electron chi connectivity index (χ0n) is 10.0. The number of amides is 1. The average Bonchev–Trinajstić information content (AvgIpc) is 2.80. The van der Waals surface area contributed by atoms with Crippen LogP contribution >= 0.6 is 12.2 Å². The van der Waals surface area contributed by atoms with Crippen molar-refractivity contribution in [1.29, 1.82) is 0 Å². The summed E-state index contributed by atoms with van der Waals surface area (Å²) in [5.74, 6) is -0.141. The minimum absolute atomic E-state index is 0.119. The summed E-state index contributed by atoms with van der Waals surface area (Å²) in [5.41, 5.74) is 5.89. The summed E-state index contributed by atoms with van der Waals surface area (Å²) in [5, 5.41) is 8.89. The van der Waals surface area contributed by atoms with E-state index in [0.29, 0.717) is 11.4 Å². The molecular weight excluding hydrogens is 266 g/mol. The number of hydrogen-bond donors (Lipinski definition) is 3. The second-order valence-electron chi connectivity index (χ2n) is 3.84. The van der Waals surface area contributed by atoms with Crippen LogP contribution < -0.4 is 16.6 Å². The van der Waals surface area contributed by atoms with Gasteiger partial charge in [0, 0.05) is 24.9 Å². The van der Waals surface area contributed by atoms with Gasteiger partial charge in [-0.1, -0.05) is 12.2 Å². The Hall–Kier alpha value is -2.48. The maximum absolute atomic E-state index is 12.0. The largest absolute Gasteiger partial charge is 0.389 e. The predicted octanol–water partition coefficient (Wildman–Crippen LogP) is -0.00510. The van der Waals surface area contributed by atoms with Crippen molar-refractivity contribution in [1.82, 2.24) is 14.8 Å². The molecule has 0 radical (unpaired) electrons. The fraction of sp³-hybridized carbons (Fsp3) is 0.0909. The first-order valence-corrected chi connectivity index (χ1v) is 5.71. The lowest BCUT2D eigenvalue weighted by molar-refractivity contribution is 0.102. The van der Waals surface area contributed by atoms with Gasteiger partial charge in [0.25, 0.3) is 11.5 Å². The minimum atomic E-state index is -0.445. The van der Waals surface area contributed by atoms with Gasteiger partial charge in [-0.05, 0) is 6.07 Å². The molecule has 0 aliphatic carbocycles. The molecule has 0 atom stereocenters. The Morgan fingerprint density at radius 3 is 2.95 bits per heavy atom. The Morgan fingerprint density at radius 1 is 1.58 bits per heavy atom. The van der Waals surface area contributed by atoms with Crippen molar-refractivity contribution in [2.24, 2.45) is 12.8 Å². The maximum atomic E-state index is 12.0. The molecule has 1 amide bonds. The molecule has 2 rings (SSSR count). The fourth-order valence-electron chi connectivity index (χ4n) is 1.44. The van der Waals surface area contributed by atoms with Gasteiger partial charge in [0.2, 0.25) is 0 Å². The number of carbonyl (C=O) groups is 1. The molecule has 0 unspecified atom stereocenters. The third-order valence-corrected chi connectivity index (χ3v) is 2.73. The molecular formula is C11H11N5O2S. The Morgan fingerprint density at radius 2 is 2.32 bits per heavy atom. The summed E-state index contributed by atoms with van der Waals surface area (Å²) in [4.78, 5) is 23.5. The van der Waals surface area contributed by atoms with Crippen molar-refractivity contribution in [3.63, 3.8) is 0 Å². The molecule has 7 nitrogen and oxygen atoms in total. The second kappa shape index (κ2) is 5.02. The standard InChI is InChI=1S/C11H11N5O2S/c1-16-3-2-6(4-8(16)17)11(18)14-10-7(9(12)19)5-13-15-10/h2-5H,1H3,(H2,12,19)(H2,13,14,15,18). The predicted molar refractivity (Wildman–Crippen MR) is 74.1 cm³/mol. The number of aromatic nitrogens is 3. The quantitative estimate of drug-likeness (QED) is 0.684. The van der Waals surface area contributed by atoms with Gasteiger partial charge in [0.1, 0.15) is 10.8 Å². The van der Waals surface area contributed by atoms with Crippen LogP contribution in [0.2, 0.25) is 0 Å². The molecule has 98 valence electrons. The van der Waals surface area contributed by atoms with Crippen molar-refractivity contribution in [3.8, 4) is 0 Å². The summed E-state index contributed by atoms with van der Waals surface area (Å²) in [6, 6.07) is 2.78. The van der Waals surface area contributed by atoms with Crippen LogP contribution in [0.25, 0.3) is 0 Å². The van der Waals surface area contributed by atoms with E-state index in [-0.39, 0.29) is 16.1 Å². The number of nitrogens with two attached hydrogens (primary N) is 1. The van der Waals surface area contributed by atoms with E-state index in [1.807, 2.05) is 0 Å². The molecule has 0 saturated heterocycles. The number of pyridine rings is 1.